The van der Waals surface area contributed by atoms with Crippen LogP contribution >= 0.6 is 0 Å². The lowest BCUT2D eigenvalue weighted by atomic mass is 9.91. The molecule has 0 spiro atoms. The second-order valence-corrected chi connectivity index (χ2v) is 15.9. The van der Waals surface area contributed by atoms with E-state index in [2.05, 4.69) is 13.8 Å². The highest BCUT2D eigenvalue weighted by atomic mass is 16.5. The van der Waals surface area contributed by atoms with Gasteiger partial charge in [-0.1, -0.05) is 168 Å². The quantitative estimate of drug-likeness (QED) is 0.0577. The maximum Gasteiger partial charge on any atom is 0.128 e. The van der Waals surface area contributed by atoms with Crippen molar-refractivity contribution in [3.05, 3.63) is 47.5 Å². The van der Waals surface area contributed by atoms with E-state index in [1.807, 2.05) is 24.3 Å². The highest BCUT2D eigenvalue weighted by Crippen LogP contribution is 2.28. The zero-order chi connectivity index (χ0) is 38.3. The third-order valence-electron chi connectivity index (χ3n) is 11.0. The number of aromatic hydroxyl groups is 2. The van der Waals surface area contributed by atoms with Crippen LogP contribution in [0, 0.1) is 0 Å². The molecule has 0 radical (unpaired) electrons. The van der Waals surface area contributed by atoms with Crippen molar-refractivity contribution >= 4 is 12.4 Å². The summed E-state index contributed by atoms with van der Waals surface area (Å²) in [6.45, 7) is 5.91. The predicted molar refractivity (Wildman–Crippen MR) is 231 cm³/mol. The molecule has 1 saturated carbocycles. The molecule has 1 aliphatic carbocycles. The number of nitrogens with zero attached hydrogens (tertiary/aromatic N) is 2. The van der Waals surface area contributed by atoms with Crippen LogP contribution in [0.1, 0.15) is 205 Å². The third-order valence-corrected chi connectivity index (χ3v) is 11.0. The molecule has 2 atom stereocenters. The van der Waals surface area contributed by atoms with E-state index in [4.69, 9.17) is 19.5 Å². The lowest BCUT2D eigenvalue weighted by molar-refractivity contribution is 0.302. The number of phenolic OH excluding ortho intramolecular Hbond substituents is 2. The first kappa shape index (κ1) is 45.4. The SMILES string of the molecule is CCCCCCCCCCCCCCOc1ccc(C=N[C@@H]2CCCC[C@H]2N=Cc2ccc(OCCCCCCCCCCCCCC)cc2O)c(O)c1. The van der Waals surface area contributed by atoms with E-state index in [0.717, 1.165) is 38.5 Å². The van der Waals surface area contributed by atoms with Crippen LogP contribution in [0.25, 0.3) is 0 Å². The highest BCUT2D eigenvalue weighted by Gasteiger charge is 2.23. The van der Waals surface area contributed by atoms with Gasteiger partial charge in [0.1, 0.15) is 23.0 Å². The van der Waals surface area contributed by atoms with Crippen LogP contribution in [-0.2, 0) is 0 Å². The number of benzene rings is 2. The average molecular weight is 747 g/mol. The fourth-order valence-corrected chi connectivity index (χ4v) is 7.50. The minimum atomic E-state index is 0.0384. The van der Waals surface area contributed by atoms with Crippen LogP contribution in [0.3, 0.4) is 0 Å². The van der Waals surface area contributed by atoms with Crippen molar-refractivity contribution in [2.24, 2.45) is 9.98 Å². The van der Waals surface area contributed by atoms with Crippen LogP contribution in [0.4, 0.5) is 0 Å². The number of hydrogen-bond acceptors (Lipinski definition) is 6. The van der Waals surface area contributed by atoms with Crippen molar-refractivity contribution in [2.45, 2.75) is 206 Å². The Morgan fingerprint density at radius 2 is 0.796 bits per heavy atom. The Morgan fingerprint density at radius 3 is 1.11 bits per heavy atom. The van der Waals surface area contributed by atoms with Gasteiger partial charge < -0.3 is 19.7 Å². The molecule has 0 bridgehead atoms. The molecule has 0 heterocycles. The van der Waals surface area contributed by atoms with Gasteiger partial charge in [-0.05, 0) is 49.9 Å². The minimum absolute atomic E-state index is 0.0384. The lowest BCUT2D eigenvalue weighted by Gasteiger charge is -2.25. The number of hydrogen-bond donors (Lipinski definition) is 2. The monoisotopic (exact) mass is 747 g/mol. The van der Waals surface area contributed by atoms with Gasteiger partial charge in [-0.2, -0.15) is 0 Å². The largest absolute Gasteiger partial charge is 0.507 e. The highest BCUT2D eigenvalue weighted by molar-refractivity contribution is 5.85. The Morgan fingerprint density at radius 1 is 0.481 bits per heavy atom. The first-order chi connectivity index (χ1) is 26.6. The summed E-state index contributed by atoms with van der Waals surface area (Å²) in [6, 6.07) is 11.1. The molecule has 2 aromatic rings. The molecule has 2 N–H and O–H groups in total. The molecule has 1 aliphatic rings. The normalized spacial score (nSPS) is 16.1. The van der Waals surface area contributed by atoms with Crippen molar-refractivity contribution in [3.8, 4) is 23.0 Å². The molecule has 6 heteroatoms. The Bertz CT molecular complexity index is 1180. The van der Waals surface area contributed by atoms with Gasteiger partial charge in [-0.15, -0.1) is 0 Å². The Balaban J connectivity index is 1.31. The summed E-state index contributed by atoms with van der Waals surface area (Å²) in [5, 5.41) is 21.4. The van der Waals surface area contributed by atoms with Crippen molar-refractivity contribution in [1.82, 2.24) is 0 Å². The van der Waals surface area contributed by atoms with Crippen molar-refractivity contribution in [2.75, 3.05) is 13.2 Å². The van der Waals surface area contributed by atoms with Gasteiger partial charge in [0, 0.05) is 35.7 Å². The molecular weight excluding hydrogens is 669 g/mol. The molecule has 0 aliphatic heterocycles. The molecule has 0 saturated heterocycles. The summed E-state index contributed by atoms with van der Waals surface area (Å²) in [4.78, 5) is 9.75. The fraction of sp³-hybridized carbons (Fsp3) is 0.708. The number of ether oxygens (including phenoxy) is 2. The van der Waals surface area contributed by atoms with Crippen molar-refractivity contribution < 1.29 is 19.7 Å². The Labute approximate surface area is 330 Å². The fourth-order valence-electron chi connectivity index (χ4n) is 7.50. The van der Waals surface area contributed by atoms with Gasteiger partial charge >= 0.3 is 0 Å². The van der Waals surface area contributed by atoms with E-state index < -0.39 is 0 Å². The number of aliphatic imine (C=N–C) groups is 2. The van der Waals surface area contributed by atoms with Crippen LogP contribution in [0.15, 0.2) is 46.4 Å². The standard InChI is InChI=1S/C48H78N2O4/c1-3-5-7-9-11-13-15-17-19-21-23-27-35-53-43-33-31-41(47(51)37-43)39-49-45-29-25-26-30-46(45)50-40-42-32-34-44(38-48(42)52)54-36-28-24-22-20-18-16-14-12-10-8-6-4-2/h31-34,37-40,45-46,51-52H,3-30,35-36H2,1-2H3/t45-,46-/m1/s1. The van der Waals surface area contributed by atoms with E-state index >= 15 is 0 Å². The first-order valence-corrected chi connectivity index (χ1v) is 22.6. The molecule has 1 fully saturated rings. The van der Waals surface area contributed by atoms with E-state index in [9.17, 15) is 10.2 Å². The van der Waals surface area contributed by atoms with Gasteiger partial charge in [0.05, 0.1) is 25.3 Å². The molecule has 304 valence electrons. The second kappa shape index (κ2) is 30.2. The number of unbranched alkanes of at least 4 members (excludes halogenated alkanes) is 22. The van der Waals surface area contributed by atoms with E-state index in [1.165, 1.54) is 141 Å². The van der Waals surface area contributed by atoms with Gasteiger partial charge in [-0.3, -0.25) is 9.98 Å². The van der Waals surface area contributed by atoms with Crippen molar-refractivity contribution in [3.63, 3.8) is 0 Å². The van der Waals surface area contributed by atoms with Crippen LogP contribution < -0.4 is 9.47 Å². The average Bonchev–Trinajstić information content (AvgIpc) is 3.18. The molecular formula is C48H78N2O4. The Kier molecular flexibility index (Phi) is 25.4. The molecule has 3 rings (SSSR count). The van der Waals surface area contributed by atoms with Crippen LogP contribution in [0.2, 0.25) is 0 Å². The number of phenols is 2. The Hall–Kier alpha value is -3.02. The minimum Gasteiger partial charge on any atom is -0.507 e. The lowest BCUT2D eigenvalue weighted by Crippen LogP contribution is -2.27. The van der Waals surface area contributed by atoms with E-state index in [0.29, 0.717) is 35.8 Å². The van der Waals surface area contributed by atoms with Crippen LogP contribution in [-0.4, -0.2) is 47.9 Å². The van der Waals surface area contributed by atoms with Gasteiger partial charge in [-0.25, -0.2) is 0 Å². The molecule has 0 aromatic heterocycles. The van der Waals surface area contributed by atoms with Gasteiger partial charge in [0.2, 0.25) is 0 Å². The summed E-state index contributed by atoms with van der Waals surface area (Å²) < 4.78 is 11.9. The summed E-state index contributed by atoms with van der Waals surface area (Å²) >= 11 is 0. The predicted octanol–water partition coefficient (Wildman–Crippen LogP) is 14.1. The van der Waals surface area contributed by atoms with E-state index in [1.54, 1.807) is 24.6 Å². The molecule has 6 nitrogen and oxygen atoms in total. The van der Waals surface area contributed by atoms with Gasteiger partial charge in [0.25, 0.3) is 0 Å². The first-order valence-electron chi connectivity index (χ1n) is 22.6. The zero-order valence-corrected chi connectivity index (χ0v) is 34.6. The summed E-state index contributed by atoms with van der Waals surface area (Å²) in [7, 11) is 0. The zero-order valence-electron chi connectivity index (χ0n) is 34.6. The smallest absolute Gasteiger partial charge is 0.128 e. The van der Waals surface area contributed by atoms with E-state index in [-0.39, 0.29) is 23.6 Å². The maximum atomic E-state index is 10.7. The third kappa shape index (κ3) is 20.6. The topological polar surface area (TPSA) is 83.6 Å². The summed E-state index contributed by atoms with van der Waals surface area (Å²) in [5.41, 5.74) is 1.38. The van der Waals surface area contributed by atoms with Crippen molar-refractivity contribution in [1.29, 1.82) is 0 Å². The molecule has 0 unspecified atom stereocenters. The second-order valence-electron chi connectivity index (χ2n) is 15.9. The summed E-state index contributed by atoms with van der Waals surface area (Å²) in [5.74, 6) is 1.78. The summed E-state index contributed by atoms with van der Waals surface area (Å²) in [6.07, 6.45) is 39.4. The van der Waals surface area contributed by atoms with Crippen LogP contribution in [0.5, 0.6) is 23.0 Å². The number of rotatable bonds is 32. The molecule has 0 amide bonds. The van der Waals surface area contributed by atoms with Gasteiger partial charge in [0.15, 0.2) is 0 Å². The molecule has 54 heavy (non-hydrogen) atoms. The maximum absolute atomic E-state index is 10.7. The molecule has 2 aromatic carbocycles.